The van der Waals surface area contributed by atoms with E-state index in [1.54, 1.807) is 4.90 Å². The van der Waals surface area contributed by atoms with Gasteiger partial charge in [-0.2, -0.15) is 0 Å². The molecule has 0 saturated carbocycles. The normalized spacial score (nSPS) is 16.9. The van der Waals surface area contributed by atoms with Gasteiger partial charge in [-0.15, -0.1) is 0 Å². The van der Waals surface area contributed by atoms with Crippen LogP contribution in [0.2, 0.25) is 0 Å². The first-order valence-corrected chi connectivity index (χ1v) is 8.22. The lowest BCUT2D eigenvalue weighted by molar-refractivity contribution is -0.141. The highest BCUT2D eigenvalue weighted by molar-refractivity contribution is 5.95. The number of methoxy groups -OCH3 is 1. The number of benzene rings is 2. The van der Waals surface area contributed by atoms with E-state index >= 15 is 0 Å². The maximum atomic E-state index is 12.7. The van der Waals surface area contributed by atoms with Gasteiger partial charge in [-0.3, -0.25) is 9.59 Å². The fourth-order valence-electron chi connectivity index (χ4n) is 3.19. The quantitative estimate of drug-likeness (QED) is 0.809. The minimum Gasteiger partial charge on any atom is -0.469 e. The third kappa shape index (κ3) is 3.48. The number of rotatable bonds is 4. The van der Waals surface area contributed by atoms with E-state index in [1.165, 1.54) is 7.11 Å². The van der Waals surface area contributed by atoms with Crippen LogP contribution in [0.25, 0.3) is 11.1 Å². The standard InChI is InChI=1S/C20H21NO3/c1-24-19(22)14-18-8-5-13-21(18)20(23)17-11-9-16(10-12-17)15-6-3-2-4-7-15/h2-4,6-7,9-12,18H,5,8,13-14H2,1H3/t18-/m0/s1. The monoisotopic (exact) mass is 323 g/mol. The van der Waals surface area contributed by atoms with Gasteiger partial charge >= 0.3 is 5.97 Å². The summed E-state index contributed by atoms with van der Waals surface area (Å²) in [5, 5.41) is 0. The van der Waals surface area contributed by atoms with E-state index < -0.39 is 0 Å². The first-order valence-electron chi connectivity index (χ1n) is 8.22. The van der Waals surface area contributed by atoms with Crippen molar-refractivity contribution in [1.29, 1.82) is 0 Å². The molecule has 1 saturated heterocycles. The van der Waals surface area contributed by atoms with E-state index in [1.807, 2.05) is 54.6 Å². The SMILES string of the molecule is COC(=O)C[C@@H]1CCCN1C(=O)c1ccc(-c2ccccc2)cc1. The molecule has 1 fully saturated rings. The largest absolute Gasteiger partial charge is 0.469 e. The molecule has 1 amide bonds. The topological polar surface area (TPSA) is 46.6 Å². The minimum absolute atomic E-state index is 0.0129. The molecule has 2 aromatic carbocycles. The zero-order valence-corrected chi connectivity index (χ0v) is 13.8. The number of ether oxygens (including phenoxy) is 1. The van der Waals surface area contributed by atoms with Crippen molar-refractivity contribution in [2.45, 2.75) is 25.3 Å². The van der Waals surface area contributed by atoms with Crippen LogP contribution in [-0.4, -0.2) is 36.5 Å². The van der Waals surface area contributed by atoms with E-state index in [0.717, 1.165) is 24.0 Å². The maximum absolute atomic E-state index is 12.7. The molecule has 2 aromatic rings. The Morgan fingerprint density at radius 3 is 2.38 bits per heavy atom. The average molecular weight is 323 g/mol. The lowest BCUT2D eigenvalue weighted by Crippen LogP contribution is -2.37. The van der Waals surface area contributed by atoms with Crippen LogP contribution in [0.5, 0.6) is 0 Å². The molecule has 0 unspecified atom stereocenters. The number of nitrogens with zero attached hydrogens (tertiary/aromatic N) is 1. The molecule has 4 heteroatoms. The third-order valence-corrected chi connectivity index (χ3v) is 4.51. The molecular formula is C20H21NO3. The number of carbonyl (C=O) groups is 2. The number of esters is 1. The highest BCUT2D eigenvalue weighted by atomic mass is 16.5. The van der Waals surface area contributed by atoms with E-state index in [0.29, 0.717) is 12.1 Å². The minimum atomic E-state index is -0.265. The summed E-state index contributed by atoms with van der Waals surface area (Å²) in [5.41, 5.74) is 2.87. The van der Waals surface area contributed by atoms with Crippen LogP contribution in [0.3, 0.4) is 0 Å². The Kier molecular flexibility index (Phi) is 4.94. The smallest absolute Gasteiger partial charge is 0.307 e. The zero-order chi connectivity index (χ0) is 16.9. The predicted molar refractivity (Wildman–Crippen MR) is 92.6 cm³/mol. The van der Waals surface area contributed by atoms with Crippen LogP contribution in [0.4, 0.5) is 0 Å². The molecule has 0 radical (unpaired) electrons. The van der Waals surface area contributed by atoms with Crippen LogP contribution in [-0.2, 0) is 9.53 Å². The van der Waals surface area contributed by atoms with Gasteiger partial charge in [0.15, 0.2) is 0 Å². The fourth-order valence-corrected chi connectivity index (χ4v) is 3.19. The van der Waals surface area contributed by atoms with Crippen LogP contribution in [0.15, 0.2) is 54.6 Å². The molecule has 0 bridgehead atoms. The van der Waals surface area contributed by atoms with Crippen molar-refractivity contribution >= 4 is 11.9 Å². The summed E-state index contributed by atoms with van der Waals surface area (Å²) in [4.78, 5) is 26.1. The third-order valence-electron chi connectivity index (χ3n) is 4.51. The highest BCUT2D eigenvalue weighted by Crippen LogP contribution is 2.24. The lowest BCUT2D eigenvalue weighted by Gasteiger charge is -2.24. The van der Waals surface area contributed by atoms with Gasteiger partial charge in [0, 0.05) is 18.2 Å². The highest BCUT2D eigenvalue weighted by Gasteiger charge is 2.31. The van der Waals surface area contributed by atoms with Crippen molar-refractivity contribution < 1.29 is 14.3 Å². The van der Waals surface area contributed by atoms with Gasteiger partial charge in [0.1, 0.15) is 0 Å². The van der Waals surface area contributed by atoms with Gasteiger partial charge in [0.2, 0.25) is 0 Å². The zero-order valence-electron chi connectivity index (χ0n) is 13.8. The van der Waals surface area contributed by atoms with Crippen LogP contribution in [0.1, 0.15) is 29.6 Å². The molecule has 3 rings (SSSR count). The van der Waals surface area contributed by atoms with E-state index in [4.69, 9.17) is 4.74 Å². The summed E-state index contributed by atoms with van der Waals surface area (Å²) >= 11 is 0. The van der Waals surface area contributed by atoms with Crippen LogP contribution >= 0.6 is 0 Å². The Hall–Kier alpha value is -2.62. The van der Waals surface area contributed by atoms with Gasteiger partial charge in [-0.05, 0) is 36.1 Å². The predicted octanol–water partition coefficient (Wildman–Crippen LogP) is 3.52. The van der Waals surface area contributed by atoms with Gasteiger partial charge in [0.25, 0.3) is 5.91 Å². The lowest BCUT2D eigenvalue weighted by atomic mass is 10.0. The molecule has 24 heavy (non-hydrogen) atoms. The van der Waals surface area contributed by atoms with Crippen LogP contribution < -0.4 is 0 Å². The summed E-state index contributed by atoms with van der Waals surface area (Å²) in [6.45, 7) is 0.695. The number of likely N-dealkylation sites (tertiary alicyclic amines) is 1. The molecule has 0 spiro atoms. The van der Waals surface area contributed by atoms with Crippen molar-refractivity contribution in [3.8, 4) is 11.1 Å². The summed E-state index contributed by atoms with van der Waals surface area (Å²) in [6.07, 6.45) is 2.04. The molecule has 0 aromatic heterocycles. The van der Waals surface area contributed by atoms with Crippen molar-refractivity contribution in [2.75, 3.05) is 13.7 Å². The molecule has 0 N–H and O–H groups in total. The Labute approximate surface area is 142 Å². The van der Waals surface area contributed by atoms with Crippen molar-refractivity contribution in [3.63, 3.8) is 0 Å². The van der Waals surface area contributed by atoms with Gasteiger partial charge in [-0.1, -0.05) is 42.5 Å². The first-order chi connectivity index (χ1) is 11.7. The van der Waals surface area contributed by atoms with Crippen molar-refractivity contribution in [1.82, 2.24) is 4.90 Å². The van der Waals surface area contributed by atoms with Gasteiger partial charge < -0.3 is 9.64 Å². The second kappa shape index (κ2) is 7.30. The second-order valence-corrected chi connectivity index (χ2v) is 6.02. The molecule has 1 aliphatic heterocycles. The number of carbonyl (C=O) groups excluding carboxylic acids is 2. The molecule has 1 heterocycles. The molecule has 4 nitrogen and oxygen atoms in total. The Balaban J connectivity index is 1.74. The van der Waals surface area contributed by atoms with Crippen molar-refractivity contribution in [3.05, 3.63) is 60.2 Å². The Morgan fingerprint density at radius 1 is 1.04 bits per heavy atom. The molecular weight excluding hydrogens is 302 g/mol. The maximum Gasteiger partial charge on any atom is 0.307 e. The molecule has 1 aliphatic rings. The fraction of sp³-hybridized carbons (Fsp3) is 0.300. The van der Waals surface area contributed by atoms with Gasteiger partial charge in [-0.25, -0.2) is 0 Å². The molecule has 1 atom stereocenters. The molecule has 0 aliphatic carbocycles. The Morgan fingerprint density at radius 2 is 1.71 bits per heavy atom. The Bertz CT molecular complexity index is 709. The summed E-state index contributed by atoms with van der Waals surface area (Å²) in [5.74, 6) is -0.278. The van der Waals surface area contributed by atoms with E-state index in [-0.39, 0.29) is 24.3 Å². The summed E-state index contributed by atoms with van der Waals surface area (Å²) in [6, 6.07) is 17.7. The number of hydrogen-bond donors (Lipinski definition) is 0. The summed E-state index contributed by atoms with van der Waals surface area (Å²) < 4.78 is 4.73. The summed E-state index contributed by atoms with van der Waals surface area (Å²) in [7, 11) is 1.38. The van der Waals surface area contributed by atoms with E-state index in [2.05, 4.69) is 0 Å². The number of amides is 1. The molecule has 124 valence electrons. The van der Waals surface area contributed by atoms with Gasteiger partial charge in [0.05, 0.1) is 13.5 Å². The second-order valence-electron chi connectivity index (χ2n) is 6.02. The van der Waals surface area contributed by atoms with E-state index in [9.17, 15) is 9.59 Å². The van der Waals surface area contributed by atoms with Crippen LogP contribution in [0, 0.1) is 0 Å². The number of hydrogen-bond acceptors (Lipinski definition) is 3. The average Bonchev–Trinajstić information content (AvgIpc) is 3.10. The first kappa shape index (κ1) is 16.2. The van der Waals surface area contributed by atoms with Crippen molar-refractivity contribution in [2.24, 2.45) is 0 Å².